The van der Waals surface area contributed by atoms with Gasteiger partial charge in [0.15, 0.2) is 22.2 Å². The molecule has 0 N–H and O–H groups in total. The van der Waals surface area contributed by atoms with E-state index >= 15 is 0 Å². The maximum atomic E-state index is 13.0. The highest BCUT2D eigenvalue weighted by Crippen LogP contribution is 2.34. The number of carbonyl (C=O) groups excluding carboxylic acids is 2. The van der Waals surface area contributed by atoms with Crippen LogP contribution in [0.15, 0.2) is 18.2 Å². The summed E-state index contributed by atoms with van der Waals surface area (Å²) in [6, 6.07) is 2.46. The summed E-state index contributed by atoms with van der Waals surface area (Å²) in [6.07, 6.45) is 0. The monoisotopic (exact) mass is 303 g/mol. The Bertz CT molecular complexity index is 712. The van der Waals surface area contributed by atoms with E-state index in [2.05, 4.69) is 0 Å². The first kappa shape index (κ1) is 14.6. The van der Waals surface area contributed by atoms with Crippen molar-refractivity contribution >= 4 is 21.7 Å². The van der Waals surface area contributed by atoms with Crippen molar-refractivity contribution in [3.63, 3.8) is 0 Å². The van der Waals surface area contributed by atoms with Gasteiger partial charge in [0.05, 0.1) is 0 Å². The van der Waals surface area contributed by atoms with Crippen molar-refractivity contribution in [1.82, 2.24) is 4.31 Å². The van der Waals surface area contributed by atoms with Crippen LogP contribution in [-0.2, 0) is 14.8 Å². The Morgan fingerprint density at radius 2 is 1.85 bits per heavy atom. The fourth-order valence-electron chi connectivity index (χ4n) is 1.80. The number of carbonyl (C=O) groups is 2. The number of sulfonamides is 1. The highest BCUT2D eigenvalue weighted by molar-refractivity contribution is 7.94. The Balaban J connectivity index is 2.22. The van der Waals surface area contributed by atoms with Gasteiger partial charge in [-0.15, -0.1) is 0 Å². The molecule has 1 aromatic carbocycles. The van der Waals surface area contributed by atoms with Crippen LogP contribution in [0.1, 0.15) is 24.2 Å². The second kappa shape index (κ2) is 4.34. The molecule has 1 aliphatic rings. The summed E-state index contributed by atoms with van der Waals surface area (Å²) in [5, 5.41) is 0. The zero-order chi connectivity index (χ0) is 15.3. The van der Waals surface area contributed by atoms with Crippen molar-refractivity contribution in [3.05, 3.63) is 35.4 Å². The molecule has 1 aliphatic heterocycles. The molecule has 0 bridgehead atoms. The number of hydrogen-bond acceptors (Lipinski definition) is 4. The average Bonchev–Trinajstić information content (AvgIpc) is 2.37. The summed E-state index contributed by atoms with van der Waals surface area (Å²) in [7, 11) is -3.88. The summed E-state index contributed by atoms with van der Waals surface area (Å²) in [5.74, 6) is -3.81. The van der Waals surface area contributed by atoms with Gasteiger partial charge in [0.1, 0.15) is 6.54 Å². The summed E-state index contributed by atoms with van der Waals surface area (Å²) < 4.78 is 48.2. The van der Waals surface area contributed by atoms with E-state index in [9.17, 15) is 26.8 Å². The molecule has 1 amide bonds. The van der Waals surface area contributed by atoms with Crippen molar-refractivity contribution in [1.29, 1.82) is 0 Å². The van der Waals surface area contributed by atoms with Gasteiger partial charge in [-0.3, -0.25) is 9.59 Å². The molecular formula is C12H11F2NO4S. The van der Waals surface area contributed by atoms with Crippen molar-refractivity contribution < 1.29 is 26.8 Å². The number of rotatable bonds is 3. The van der Waals surface area contributed by atoms with Crippen LogP contribution < -0.4 is 0 Å². The lowest BCUT2D eigenvalue weighted by molar-refractivity contribution is -0.131. The van der Waals surface area contributed by atoms with E-state index in [1.54, 1.807) is 0 Å². The van der Waals surface area contributed by atoms with Gasteiger partial charge in [0, 0.05) is 5.56 Å². The molecule has 0 aromatic heterocycles. The van der Waals surface area contributed by atoms with Gasteiger partial charge in [-0.25, -0.2) is 21.5 Å². The molecule has 0 atom stereocenters. The number of ketones is 1. The van der Waals surface area contributed by atoms with Gasteiger partial charge >= 0.3 is 0 Å². The molecule has 0 radical (unpaired) electrons. The Kier molecular flexibility index (Phi) is 3.16. The van der Waals surface area contributed by atoms with Crippen molar-refractivity contribution in [2.45, 2.75) is 18.6 Å². The molecule has 5 nitrogen and oxygen atoms in total. The van der Waals surface area contributed by atoms with Gasteiger partial charge in [-0.05, 0) is 32.0 Å². The topological polar surface area (TPSA) is 71.5 Å². The molecule has 108 valence electrons. The third-order valence-electron chi connectivity index (χ3n) is 3.21. The minimum atomic E-state index is -3.88. The van der Waals surface area contributed by atoms with Gasteiger partial charge in [-0.1, -0.05) is 0 Å². The summed E-state index contributed by atoms with van der Waals surface area (Å²) >= 11 is 0. The molecule has 1 aromatic rings. The second-order valence-corrected chi connectivity index (χ2v) is 7.29. The predicted molar refractivity (Wildman–Crippen MR) is 65.4 cm³/mol. The van der Waals surface area contributed by atoms with Crippen LogP contribution in [0, 0.1) is 11.6 Å². The fraction of sp³-hybridized carbons (Fsp3) is 0.333. The van der Waals surface area contributed by atoms with Gasteiger partial charge < -0.3 is 0 Å². The molecule has 1 saturated heterocycles. The van der Waals surface area contributed by atoms with Crippen LogP contribution in [-0.4, -0.2) is 35.7 Å². The molecule has 8 heteroatoms. The van der Waals surface area contributed by atoms with Crippen molar-refractivity contribution in [2.75, 3.05) is 6.54 Å². The van der Waals surface area contributed by atoms with Gasteiger partial charge in [0.25, 0.3) is 15.9 Å². The Morgan fingerprint density at radius 1 is 1.25 bits per heavy atom. The number of nitrogens with zero attached hydrogens (tertiary/aromatic N) is 1. The summed E-state index contributed by atoms with van der Waals surface area (Å²) in [5.41, 5.74) is -0.198. The average molecular weight is 303 g/mol. The summed E-state index contributed by atoms with van der Waals surface area (Å²) in [4.78, 5) is 23.5. The molecule has 0 saturated carbocycles. The standard InChI is InChI=1S/C12H11F2NO4S/c1-12(2)11(17)15(20(12,18)19)6-10(16)7-3-4-8(13)9(14)5-7/h3-5H,6H2,1-2H3. The largest absolute Gasteiger partial charge is 0.292 e. The number of hydrogen-bond donors (Lipinski definition) is 0. The first-order valence-electron chi connectivity index (χ1n) is 5.64. The third kappa shape index (κ3) is 1.91. The molecule has 0 unspecified atom stereocenters. The number of Topliss-reactive ketones (excluding diaryl/α,β-unsaturated/α-hetero) is 1. The fourth-order valence-corrected chi connectivity index (χ4v) is 3.29. The SMILES string of the molecule is CC1(C)C(=O)N(CC(=O)c2ccc(F)c(F)c2)S1(=O)=O. The molecule has 2 rings (SSSR count). The second-order valence-electron chi connectivity index (χ2n) is 4.88. The number of halogens is 2. The smallest absolute Gasteiger partial charge is 0.259 e. The van der Waals surface area contributed by atoms with Crippen LogP contribution in [0.5, 0.6) is 0 Å². The quantitative estimate of drug-likeness (QED) is 0.784. The Labute approximate surface area is 114 Å². The zero-order valence-corrected chi connectivity index (χ0v) is 11.5. The van der Waals surface area contributed by atoms with Crippen LogP contribution in [0.4, 0.5) is 8.78 Å². The van der Waals surface area contributed by atoms with E-state index in [0.717, 1.165) is 12.1 Å². The lowest BCUT2D eigenvalue weighted by Crippen LogP contribution is -2.68. The van der Waals surface area contributed by atoms with E-state index in [1.165, 1.54) is 13.8 Å². The van der Waals surface area contributed by atoms with Crippen molar-refractivity contribution in [2.24, 2.45) is 0 Å². The highest BCUT2D eigenvalue weighted by Gasteiger charge is 2.60. The minimum absolute atomic E-state index is 0.198. The maximum Gasteiger partial charge on any atom is 0.259 e. The van der Waals surface area contributed by atoms with E-state index in [-0.39, 0.29) is 5.56 Å². The maximum absolute atomic E-state index is 13.0. The molecule has 1 fully saturated rings. The van der Waals surface area contributed by atoms with E-state index in [4.69, 9.17) is 0 Å². The minimum Gasteiger partial charge on any atom is -0.292 e. The Hall–Kier alpha value is -1.83. The predicted octanol–water partition coefficient (Wildman–Crippen LogP) is 1.10. The Morgan fingerprint density at radius 3 is 2.35 bits per heavy atom. The highest BCUT2D eigenvalue weighted by atomic mass is 32.2. The molecule has 1 heterocycles. The van der Waals surface area contributed by atoms with E-state index in [0.29, 0.717) is 10.4 Å². The van der Waals surface area contributed by atoms with E-state index < -0.39 is 44.6 Å². The molecule has 0 spiro atoms. The van der Waals surface area contributed by atoms with E-state index in [1.807, 2.05) is 0 Å². The number of amides is 1. The lowest BCUT2D eigenvalue weighted by Gasteiger charge is -2.42. The van der Waals surface area contributed by atoms with Crippen molar-refractivity contribution in [3.8, 4) is 0 Å². The van der Waals surface area contributed by atoms with Crippen LogP contribution in [0.2, 0.25) is 0 Å². The third-order valence-corrected chi connectivity index (χ3v) is 5.54. The van der Waals surface area contributed by atoms with Crippen LogP contribution in [0.3, 0.4) is 0 Å². The first-order chi connectivity index (χ1) is 9.09. The molecule has 0 aliphatic carbocycles. The zero-order valence-electron chi connectivity index (χ0n) is 10.7. The van der Waals surface area contributed by atoms with Gasteiger partial charge in [0.2, 0.25) is 0 Å². The lowest BCUT2D eigenvalue weighted by atomic mass is 10.1. The van der Waals surface area contributed by atoms with Crippen LogP contribution in [0.25, 0.3) is 0 Å². The van der Waals surface area contributed by atoms with Crippen LogP contribution >= 0.6 is 0 Å². The molecular weight excluding hydrogens is 292 g/mol. The number of benzene rings is 1. The normalized spacial score (nSPS) is 19.6. The summed E-state index contributed by atoms with van der Waals surface area (Å²) in [6.45, 7) is 1.77. The molecule has 20 heavy (non-hydrogen) atoms. The van der Waals surface area contributed by atoms with Gasteiger partial charge in [-0.2, -0.15) is 0 Å². The first-order valence-corrected chi connectivity index (χ1v) is 7.08.